The second-order valence-electron chi connectivity index (χ2n) is 40.8. The molecule has 2 fully saturated rings. The monoisotopic (exact) mass is 2090 g/mol. The average molecular weight is 2100 g/mol. The van der Waals surface area contributed by atoms with Gasteiger partial charge in [-0.1, -0.05) is 378 Å². The lowest BCUT2D eigenvalue weighted by atomic mass is 10.1. The molecule has 2 aliphatic rings. The number of hydrogen-bond donors (Lipinski definition) is 0. The average Bonchev–Trinajstić information content (AvgIpc) is 1.66. The van der Waals surface area contributed by atoms with Gasteiger partial charge in [0.2, 0.25) is 24.8 Å². The van der Waals surface area contributed by atoms with E-state index >= 15 is 0 Å². The molecule has 0 aromatic carbocycles. The number of carbonyl (C=O) groups excluding carboxylic acids is 8. The Balaban J connectivity index is 0.00000150. The molecule has 0 bridgehead atoms. The quantitative estimate of drug-likeness (QED) is 0.0238. The van der Waals surface area contributed by atoms with Gasteiger partial charge >= 0.3 is 47.8 Å². The van der Waals surface area contributed by atoms with Gasteiger partial charge in [0, 0.05) is 51.4 Å². The van der Waals surface area contributed by atoms with Crippen LogP contribution in [0.25, 0.3) is 0 Å². The molecule has 0 radical (unpaired) electrons. The maximum atomic E-state index is 13.5. The van der Waals surface area contributed by atoms with Gasteiger partial charge in [0.1, 0.15) is 25.4 Å². The van der Waals surface area contributed by atoms with Gasteiger partial charge in [-0.05, 0) is 285 Å². The van der Waals surface area contributed by atoms with Gasteiger partial charge in [-0.25, -0.2) is 0 Å². The van der Waals surface area contributed by atoms with Crippen molar-refractivity contribution in [2.75, 3.05) is 54.5 Å². The molecule has 0 aromatic heterocycles. The summed E-state index contributed by atoms with van der Waals surface area (Å²) in [6, 6.07) is 0. The highest BCUT2D eigenvalue weighted by molar-refractivity contribution is 5.73. The highest BCUT2D eigenvalue weighted by Gasteiger charge is 2.54. The Morgan fingerprint density at radius 2 is 0.367 bits per heavy atom. The molecule has 2 rings (SSSR count). The number of allylic oxidation sites excluding steroid dienone is 30. The molecule has 2 heterocycles. The van der Waals surface area contributed by atoms with Crippen molar-refractivity contribution in [3.8, 4) is 0 Å². The lowest BCUT2D eigenvalue weighted by Gasteiger charge is -2.24. The first-order valence-corrected chi connectivity index (χ1v) is 60.3. The molecule has 0 saturated carbocycles. The van der Waals surface area contributed by atoms with E-state index in [4.69, 9.17) is 47.4 Å². The van der Waals surface area contributed by atoms with Crippen molar-refractivity contribution in [1.82, 2.24) is 9.80 Å². The molecule has 0 spiro atoms. The molecule has 20 nitrogen and oxygen atoms in total. The predicted octanol–water partition coefficient (Wildman–Crippen LogP) is 34.1. The summed E-state index contributed by atoms with van der Waals surface area (Å²) in [7, 11) is 7.77. The number of rotatable bonds is 99. The van der Waals surface area contributed by atoms with Crippen molar-refractivity contribution in [1.29, 1.82) is 0 Å². The van der Waals surface area contributed by atoms with E-state index in [1.165, 1.54) is 57.8 Å². The Morgan fingerprint density at radius 3 is 0.573 bits per heavy atom. The number of carbonyl (C=O) groups is 8. The molecule has 0 aliphatic carbocycles. The Bertz CT molecular complexity index is 3740. The SMILES string of the molecule is CC/C=C\C/C=C\C/C=C\CCCCCCCC(=O)OC1[C@@H](COC(=O)CCCN(C)C)O[C@@H](OC(=O)CCCCCCC/C=C\C/C=C\C/C=C\CC)[C@H]1OC(=O)CCCCCCC/C=C\C/C=C\C/C=C\CC.CCCCC/C=C\C/C=C\CCCCCCCC(=O)OC1[C@@H](COC(=O)CCCN(C)C)O[C@@H](OC(=O)CCCCCCC/C=C\C/C=C\CCCCC)[C@H]1OC(=O)CCCCCCC/C=C\C/C=C\CCCCC. The fraction of sp³-hybridized carbons (Fsp3) is 0.708. The van der Waals surface area contributed by atoms with Crippen LogP contribution in [0.4, 0.5) is 0 Å². The van der Waals surface area contributed by atoms with Crippen LogP contribution in [0, 0.1) is 0 Å². The summed E-state index contributed by atoms with van der Waals surface area (Å²) in [5.74, 6) is -3.66. The third kappa shape index (κ3) is 91.2. The van der Waals surface area contributed by atoms with Gasteiger partial charge < -0.3 is 57.2 Å². The minimum atomic E-state index is -1.32. The standard InChI is InChI=1S/C65H111NO9.C65H105NO9/c2*1-6-9-12-15-18-21-24-27-30-33-36-39-42-45-48-52-60(68)73-63-58(57-71-59(67)55-51-56-66(4)5)72-65(75-62(70)54-50-47-44-41-38-35-32-29-26-23-20-17-14-11-8-3)64(63)74-61(69)53-49-46-43-40-37-34-31-28-25-22-19-16-13-10-7-2/h18-23,27-32,58,63-65H,6-17,24-26,33-57H2,1-5H3;9-14,18-23,27-32,58,63-65H,6-8,15-17,24-26,33-57H2,1-5H3/b21-18-,22-19-,23-20-,30-27-,31-28-,32-29-;12-9-,13-10-,14-11-,21-18-,22-19-,23-20-,30-27-,31-28-,32-29-/t2*58-,63?,64+,65+/m11/s1. The first-order chi connectivity index (χ1) is 73.4. The molecule has 2 aliphatic heterocycles. The smallest absolute Gasteiger partial charge is 0.308 e. The van der Waals surface area contributed by atoms with E-state index in [2.05, 4.69) is 224 Å². The van der Waals surface area contributed by atoms with E-state index in [-0.39, 0.29) is 64.6 Å². The van der Waals surface area contributed by atoms with Gasteiger partial charge in [0.05, 0.1) is 0 Å². The van der Waals surface area contributed by atoms with E-state index in [0.717, 1.165) is 302 Å². The zero-order valence-electron chi connectivity index (χ0n) is 96.5. The maximum absolute atomic E-state index is 13.5. The number of unbranched alkanes of at least 4 members (excludes halogenated alkanes) is 39. The normalized spacial score (nSPS) is 17.3. The van der Waals surface area contributed by atoms with Crippen LogP contribution in [-0.4, -0.2) is 161 Å². The fourth-order valence-electron chi connectivity index (χ4n) is 17.1. The van der Waals surface area contributed by atoms with E-state index in [1.807, 2.05) is 38.0 Å². The Morgan fingerprint density at radius 1 is 0.193 bits per heavy atom. The van der Waals surface area contributed by atoms with Crippen molar-refractivity contribution >= 4 is 47.8 Å². The molecule has 2 unspecified atom stereocenters. The van der Waals surface area contributed by atoms with Crippen molar-refractivity contribution in [2.24, 2.45) is 0 Å². The minimum Gasteiger partial charge on any atom is -0.463 e. The van der Waals surface area contributed by atoms with Gasteiger partial charge in [0.15, 0.2) is 12.2 Å². The molecular formula is C130H216N2O18. The first-order valence-electron chi connectivity index (χ1n) is 60.3. The molecule has 0 N–H and O–H groups in total. The van der Waals surface area contributed by atoms with E-state index < -0.39 is 97.0 Å². The molecule has 0 aromatic rings. The topological polar surface area (TPSA) is 235 Å². The van der Waals surface area contributed by atoms with Gasteiger partial charge in [-0.2, -0.15) is 0 Å². The summed E-state index contributed by atoms with van der Waals surface area (Å²) in [6.07, 6.45) is 122. The zero-order valence-corrected chi connectivity index (χ0v) is 96.5. The van der Waals surface area contributed by atoms with Crippen LogP contribution in [0.5, 0.6) is 0 Å². The number of hydrogen-bond acceptors (Lipinski definition) is 20. The summed E-state index contributed by atoms with van der Waals surface area (Å²) in [4.78, 5) is 110. The Kier molecular flexibility index (Phi) is 100. The third-order valence-corrected chi connectivity index (χ3v) is 26.0. The highest BCUT2D eigenvalue weighted by atomic mass is 16.8. The van der Waals surface area contributed by atoms with Gasteiger partial charge in [0.25, 0.3) is 0 Å². The van der Waals surface area contributed by atoms with E-state index in [0.29, 0.717) is 51.4 Å². The zero-order chi connectivity index (χ0) is 109. The second-order valence-corrected chi connectivity index (χ2v) is 40.8. The van der Waals surface area contributed by atoms with Crippen LogP contribution in [0.2, 0.25) is 0 Å². The molecule has 8 atom stereocenters. The lowest BCUT2D eigenvalue weighted by Crippen LogP contribution is -2.42. The molecule has 2 saturated heterocycles. The molecule has 0 amide bonds. The summed E-state index contributed by atoms with van der Waals surface area (Å²) < 4.78 is 59.8. The van der Waals surface area contributed by atoms with Crippen LogP contribution in [-0.2, 0) is 85.7 Å². The second kappa shape index (κ2) is 108. The Hall–Kier alpha value is -8.30. The fourth-order valence-corrected chi connectivity index (χ4v) is 17.1. The summed E-state index contributed by atoms with van der Waals surface area (Å²) in [6.45, 7) is 14.1. The van der Waals surface area contributed by atoms with Crippen LogP contribution < -0.4 is 0 Å². The van der Waals surface area contributed by atoms with Crippen LogP contribution in [0.1, 0.15) is 491 Å². The molecule has 854 valence electrons. The van der Waals surface area contributed by atoms with Crippen molar-refractivity contribution in [2.45, 2.75) is 540 Å². The summed E-state index contributed by atoms with van der Waals surface area (Å²) in [5.41, 5.74) is 0. The lowest BCUT2D eigenvalue weighted by molar-refractivity contribution is -0.200. The Labute approximate surface area is 914 Å². The predicted molar refractivity (Wildman–Crippen MR) is 622 cm³/mol. The van der Waals surface area contributed by atoms with Crippen molar-refractivity contribution < 1.29 is 85.7 Å². The number of esters is 8. The molecule has 150 heavy (non-hydrogen) atoms. The minimum absolute atomic E-state index is 0.163. The molecular weight excluding hydrogens is 1880 g/mol. The third-order valence-electron chi connectivity index (χ3n) is 26.0. The van der Waals surface area contributed by atoms with Gasteiger partial charge in [-0.15, -0.1) is 0 Å². The van der Waals surface area contributed by atoms with Crippen molar-refractivity contribution in [3.05, 3.63) is 182 Å². The summed E-state index contributed by atoms with van der Waals surface area (Å²) >= 11 is 0. The first kappa shape index (κ1) is 140. The maximum Gasteiger partial charge on any atom is 0.308 e. The highest BCUT2D eigenvalue weighted by Crippen LogP contribution is 2.33. The number of nitrogens with zero attached hydrogens (tertiary/aromatic N) is 2. The largest absolute Gasteiger partial charge is 0.463 e. The molecule has 20 heteroatoms. The number of ether oxygens (including phenoxy) is 10. The van der Waals surface area contributed by atoms with Crippen LogP contribution in [0.15, 0.2) is 182 Å². The van der Waals surface area contributed by atoms with Crippen molar-refractivity contribution in [3.63, 3.8) is 0 Å². The van der Waals surface area contributed by atoms with E-state index in [9.17, 15) is 38.4 Å². The van der Waals surface area contributed by atoms with Crippen LogP contribution in [0.3, 0.4) is 0 Å². The van der Waals surface area contributed by atoms with Crippen LogP contribution >= 0.6 is 0 Å². The van der Waals surface area contributed by atoms with Gasteiger partial charge in [-0.3, -0.25) is 38.4 Å². The summed E-state index contributed by atoms with van der Waals surface area (Å²) in [5, 5.41) is 0. The van der Waals surface area contributed by atoms with E-state index in [1.54, 1.807) is 0 Å².